The largest absolute Gasteiger partial charge is 0.478 e. The van der Waals surface area contributed by atoms with Crippen molar-refractivity contribution in [2.24, 2.45) is 0 Å². The lowest BCUT2D eigenvalue weighted by Gasteiger charge is -2.13. The summed E-state index contributed by atoms with van der Waals surface area (Å²) in [4.78, 5) is 10.9. The maximum atomic E-state index is 10.9. The molecule has 3 N–H and O–H groups in total. The lowest BCUT2D eigenvalue weighted by atomic mass is 10.1. The first-order valence-electron chi connectivity index (χ1n) is 6.53. The van der Waals surface area contributed by atoms with Crippen molar-refractivity contribution in [3.63, 3.8) is 0 Å². The van der Waals surface area contributed by atoms with Gasteiger partial charge in [0, 0.05) is 17.6 Å². The molecule has 4 nitrogen and oxygen atoms in total. The average Bonchev–Trinajstić information content (AvgIpc) is 2.49. The number of benzene rings is 2. The van der Waals surface area contributed by atoms with Gasteiger partial charge in [-0.2, -0.15) is 0 Å². The summed E-state index contributed by atoms with van der Waals surface area (Å²) in [6.07, 6.45) is -0.566. The third kappa shape index (κ3) is 4.39. The maximum absolute atomic E-state index is 10.9. The van der Waals surface area contributed by atoms with Gasteiger partial charge in [0.1, 0.15) is 0 Å². The summed E-state index contributed by atoms with van der Waals surface area (Å²) < 4.78 is 0.740. The molecule has 2 aromatic rings. The standard InChI is InChI=1S/C16H16BrNO3/c17-14-8-12(16(20)21)6-7-13(14)9-18-10-15(19)11-4-2-1-3-5-11/h1-8,15,18-19H,9-10H2,(H,20,21). The van der Waals surface area contributed by atoms with Crippen molar-refractivity contribution >= 4 is 21.9 Å². The zero-order valence-electron chi connectivity index (χ0n) is 11.3. The molecule has 0 aliphatic rings. The minimum Gasteiger partial charge on any atom is -0.478 e. The molecule has 5 heteroatoms. The molecular formula is C16H16BrNO3. The van der Waals surface area contributed by atoms with E-state index >= 15 is 0 Å². The minimum absolute atomic E-state index is 0.245. The minimum atomic E-state index is -0.949. The van der Waals surface area contributed by atoms with E-state index < -0.39 is 12.1 Å². The molecule has 0 heterocycles. The van der Waals surface area contributed by atoms with Gasteiger partial charge in [-0.25, -0.2) is 4.79 Å². The van der Waals surface area contributed by atoms with E-state index in [2.05, 4.69) is 21.2 Å². The second-order valence-electron chi connectivity index (χ2n) is 4.67. The van der Waals surface area contributed by atoms with Crippen molar-refractivity contribution in [2.45, 2.75) is 12.6 Å². The number of carboxylic acids is 1. The van der Waals surface area contributed by atoms with Crippen LogP contribution in [0.5, 0.6) is 0 Å². The molecule has 0 spiro atoms. The predicted octanol–water partition coefficient (Wildman–Crippen LogP) is 2.97. The first-order chi connectivity index (χ1) is 10.1. The number of nitrogens with one attached hydrogen (secondary N) is 1. The molecule has 0 aliphatic carbocycles. The maximum Gasteiger partial charge on any atom is 0.335 e. The highest BCUT2D eigenvalue weighted by Crippen LogP contribution is 2.19. The van der Waals surface area contributed by atoms with Gasteiger partial charge >= 0.3 is 5.97 Å². The van der Waals surface area contributed by atoms with E-state index in [1.807, 2.05) is 30.3 Å². The van der Waals surface area contributed by atoms with Gasteiger partial charge in [-0.05, 0) is 23.3 Å². The van der Waals surface area contributed by atoms with Crippen molar-refractivity contribution in [3.8, 4) is 0 Å². The Bertz CT molecular complexity index is 616. The number of hydrogen-bond acceptors (Lipinski definition) is 3. The van der Waals surface area contributed by atoms with Crippen molar-refractivity contribution in [2.75, 3.05) is 6.54 Å². The van der Waals surface area contributed by atoms with Crippen LogP contribution in [-0.4, -0.2) is 22.7 Å². The number of halogens is 1. The van der Waals surface area contributed by atoms with Crippen LogP contribution < -0.4 is 5.32 Å². The zero-order chi connectivity index (χ0) is 15.2. The van der Waals surface area contributed by atoms with Gasteiger partial charge in [0.15, 0.2) is 0 Å². The van der Waals surface area contributed by atoms with Crippen LogP contribution in [-0.2, 0) is 6.54 Å². The number of rotatable bonds is 6. The summed E-state index contributed by atoms with van der Waals surface area (Å²) in [5.74, 6) is -0.949. The summed E-state index contributed by atoms with van der Waals surface area (Å²) in [6, 6.07) is 14.3. The molecule has 2 rings (SSSR count). The summed E-state index contributed by atoms with van der Waals surface area (Å²) in [6.45, 7) is 0.974. The molecule has 0 aliphatic heterocycles. The average molecular weight is 350 g/mol. The van der Waals surface area contributed by atoms with E-state index in [4.69, 9.17) is 5.11 Å². The fraction of sp³-hybridized carbons (Fsp3) is 0.188. The fourth-order valence-electron chi connectivity index (χ4n) is 1.96. The molecule has 0 fully saturated rings. The lowest BCUT2D eigenvalue weighted by molar-refractivity contribution is 0.0697. The first kappa shape index (κ1) is 15.7. The Labute approximate surface area is 131 Å². The predicted molar refractivity (Wildman–Crippen MR) is 84.2 cm³/mol. The number of aliphatic hydroxyl groups excluding tert-OH is 1. The lowest BCUT2D eigenvalue weighted by Crippen LogP contribution is -2.21. The molecule has 0 saturated heterocycles. The Balaban J connectivity index is 1.90. The van der Waals surface area contributed by atoms with E-state index in [9.17, 15) is 9.90 Å². The van der Waals surface area contributed by atoms with Crippen LogP contribution in [0.25, 0.3) is 0 Å². The topological polar surface area (TPSA) is 69.6 Å². The number of hydrogen-bond donors (Lipinski definition) is 3. The third-order valence-electron chi connectivity index (χ3n) is 3.14. The molecule has 0 amide bonds. The zero-order valence-corrected chi connectivity index (χ0v) is 12.9. The Morgan fingerprint density at radius 3 is 2.52 bits per heavy atom. The number of aromatic carboxylic acids is 1. The first-order valence-corrected chi connectivity index (χ1v) is 7.32. The quantitative estimate of drug-likeness (QED) is 0.749. The SMILES string of the molecule is O=C(O)c1ccc(CNCC(O)c2ccccc2)c(Br)c1. The highest BCUT2D eigenvalue weighted by atomic mass is 79.9. The summed E-state index contributed by atoms with van der Waals surface area (Å²) >= 11 is 3.36. The molecule has 1 unspecified atom stereocenters. The molecule has 21 heavy (non-hydrogen) atoms. The number of aliphatic hydroxyl groups is 1. The Hall–Kier alpha value is -1.69. The van der Waals surface area contributed by atoms with Crippen LogP contribution in [0.2, 0.25) is 0 Å². The van der Waals surface area contributed by atoms with Gasteiger partial charge in [0.25, 0.3) is 0 Å². The van der Waals surface area contributed by atoms with Crippen LogP contribution in [0.3, 0.4) is 0 Å². The molecular weight excluding hydrogens is 334 g/mol. The van der Waals surface area contributed by atoms with Crippen molar-refractivity contribution in [1.29, 1.82) is 0 Å². The normalized spacial score (nSPS) is 12.1. The third-order valence-corrected chi connectivity index (χ3v) is 3.88. The molecule has 2 aromatic carbocycles. The monoisotopic (exact) mass is 349 g/mol. The molecule has 110 valence electrons. The highest BCUT2D eigenvalue weighted by Gasteiger charge is 2.09. The van der Waals surface area contributed by atoms with Gasteiger partial charge < -0.3 is 15.5 Å². The molecule has 0 radical (unpaired) electrons. The van der Waals surface area contributed by atoms with E-state index in [0.29, 0.717) is 13.1 Å². The van der Waals surface area contributed by atoms with Crippen molar-refractivity contribution in [1.82, 2.24) is 5.32 Å². The van der Waals surface area contributed by atoms with Crippen LogP contribution in [0.4, 0.5) is 0 Å². The highest BCUT2D eigenvalue weighted by molar-refractivity contribution is 9.10. The van der Waals surface area contributed by atoms with Crippen LogP contribution >= 0.6 is 15.9 Å². The molecule has 0 saturated carbocycles. The summed E-state index contributed by atoms with van der Waals surface area (Å²) in [5.41, 5.74) is 2.06. The summed E-state index contributed by atoms with van der Waals surface area (Å²) in [5, 5.41) is 22.1. The van der Waals surface area contributed by atoms with Crippen LogP contribution in [0, 0.1) is 0 Å². The van der Waals surface area contributed by atoms with Crippen LogP contribution in [0.15, 0.2) is 53.0 Å². The Morgan fingerprint density at radius 2 is 1.90 bits per heavy atom. The van der Waals surface area contributed by atoms with Gasteiger partial charge in [-0.3, -0.25) is 0 Å². The Morgan fingerprint density at radius 1 is 1.19 bits per heavy atom. The number of carboxylic acid groups (broad SMARTS) is 1. The van der Waals surface area contributed by atoms with E-state index in [0.717, 1.165) is 15.6 Å². The second-order valence-corrected chi connectivity index (χ2v) is 5.52. The van der Waals surface area contributed by atoms with Gasteiger partial charge in [-0.15, -0.1) is 0 Å². The van der Waals surface area contributed by atoms with Crippen molar-refractivity contribution < 1.29 is 15.0 Å². The van der Waals surface area contributed by atoms with Gasteiger partial charge in [-0.1, -0.05) is 52.3 Å². The van der Waals surface area contributed by atoms with Gasteiger partial charge in [0.2, 0.25) is 0 Å². The fourth-order valence-corrected chi connectivity index (χ4v) is 2.48. The van der Waals surface area contributed by atoms with Crippen molar-refractivity contribution in [3.05, 3.63) is 69.7 Å². The molecule has 0 aromatic heterocycles. The van der Waals surface area contributed by atoms with Gasteiger partial charge in [0.05, 0.1) is 11.7 Å². The van der Waals surface area contributed by atoms with E-state index in [1.165, 1.54) is 0 Å². The van der Waals surface area contributed by atoms with Crippen LogP contribution in [0.1, 0.15) is 27.6 Å². The smallest absolute Gasteiger partial charge is 0.335 e. The Kier molecular flexibility index (Phi) is 5.50. The number of carbonyl (C=O) groups is 1. The molecule has 1 atom stereocenters. The summed E-state index contributed by atoms with van der Waals surface area (Å²) in [7, 11) is 0. The van der Waals surface area contributed by atoms with E-state index in [-0.39, 0.29) is 5.56 Å². The molecule has 0 bridgehead atoms. The second kappa shape index (κ2) is 7.36. The van der Waals surface area contributed by atoms with E-state index in [1.54, 1.807) is 18.2 Å².